The molecule has 34 heavy (non-hydrogen) atoms. The third-order valence-corrected chi connectivity index (χ3v) is 7.10. The first-order chi connectivity index (χ1) is 16.5. The van der Waals surface area contributed by atoms with E-state index in [1.165, 1.54) is 25.6 Å². The zero-order chi connectivity index (χ0) is 23.9. The van der Waals surface area contributed by atoms with Crippen molar-refractivity contribution in [1.82, 2.24) is 9.55 Å². The molecule has 0 radical (unpaired) electrons. The summed E-state index contributed by atoms with van der Waals surface area (Å²) in [5.74, 6) is 1.03. The maximum Gasteiger partial charge on any atom is 0.337 e. The number of ether oxygens (including phenoxy) is 2. The van der Waals surface area contributed by atoms with Crippen molar-refractivity contribution < 1.29 is 14.3 Å². The van der Waals surface area contributed by atoms with Gasteiger partial charge in [0.2, 0.25) is 0 Å². The summed E-state index contributed by atoms with van der Waals surface area (Å²) in [5.41, 5.74) is 5.77. The molecule has 0 bridgehead atoms. The van der Waals surface area contributed by atoms with Crippen molar-refractivity contribution in [1.29, 1.82) is 0 Å². The fourth-order valence-corrected chi connectivity index (χ4v) is 5.64. The summed E-state index contributed by atoms with van der Waals surface area (Å²) in [6, 6.07) is 12.1. The number of carbonyl (C=O) groups is 1. The largest absolute Gasteiger partial charge is 0.465 e. The zero-order valence-electron chi connectivity index (χ0n) is 20.6. The van der Waals surface area contributed by atoms with Gasteiger partial charge in [-0.3, -0.25) is 0 Å². The van der Waals surface area contributed by atoms with Crippen molar-refractivity contribution >= 4 is 28.4 Å². The number of methoxy groups -OCH3 is 2. The molecule has 1 fully saturated rings. The Morgan fingerprint density at radius 1 is 1.18 bits per heavy atom. The summed E-state index contributed by atoms with van der Waals surface area (Å²) in [7, 11) is 3.17. The smallest absolute Gasteiger partial charge is 0.337 e. The highest BCUT2D eigenvalue weighted by molar-refractivity contribution is 5.96. The number of carbonyl (C=O) groups excluding carboxylic acids is 1. The fraction of sp³-hybridized carbons (Fsp3) is 0.481. The fourth-order valence-electron chi connectivity index (χ4n) is 5.64. The van der Waals surface area contributed by atoms with E-state index in [1.54, 1.807) is 7.11 Å². The number of nitrogens with one attached hydrogen (secondary N) is 1. The molecule has 5 rings (SSSR count). The van der Waals surface area contributed by atoms with Crippen molar-refractivity contribution in [3.63, 3.8) is 0 Å². The SMILES string of the molecule is COCCN1c2c(cccc2-c2nc3cc(C(=O)OC)ccc3n2CC(C)C)NC12CCCC2. The van der Waals surface area contributed by atoms with E-state index < -0.39 is 0 Å². The van der Waals surface area contributed by atoms with Crippen molar-refractivity contribution in [3.05, 3.63) is 42.0 Å². The lowest BCUT2D eigenvalue weighted by molar-refractivity contribution is 0.0601. The Labute approximate surface area is 201 Å². The Bertz CT molecular complexity index is 1210. The summed E-state index contributed by atoms with van der Waals surface area (Å²) < 4.78 is 12.7. The number of hydrogen-bond donors (Lipinski definition) is 1. The van der Waals surface area contributed by atoms with Crippen LogP contribution in [0, 0.1) is 5.92 Å². The van der Waals surface area contributed by atoms with E-state index in [-0.39, 0.29) is 11.6 Å². The van der Waals surface area contributed by atoms with E-state index >= 15 is 0 Å². The van der Waals surface area contributed by atoms with Gasteiger partial charge in [-0.25, -0.2) is 9.78 Å². The lowest BCUT2D eigenvalue weighted by atomic mass is 10.1. The molecule has 7 heteroatoms. The molecule has 1 saturated carbocycles. The Morgan fingerprint density at radius 2 is 1.97 bits per heavy atom. The van der Waals surface area contributed by atoms with Crippen LogP contribution in [0.1, 0.15) is 49.9 Å². The number of anilines is 2. The lowest BCUT2D eigenvalue weighted by Gasteiger charge is -2.37. The van der Waals surface area contributed by atoms with Crippen LogP contribution in [0.15, 0.2) is 36.4 Å². The van der Waals surface area contributed by atoms with Gasteiger partial charge in [0.1, 0.15) is 11.5 Å². The second-order valence-corrected chi connectivity index (χ2v) is 9.84. The molecule has 0 unspecified atom stereocenters. The minimum atomic E-state index is -0.347. The van der Waals surface area contributed by atoms with Gasteiger partial charge in [-0.2, -0.15) is 0 Å². The molecule has 0 amide bonds. The van der Waals surface area contributed by atoms with Crippen molar-refractivity contribution in [2.24, 2.45) is 5.92 Å². The molecular formula is C27H34N4O3. The maximum atomic E-state index is 12.2. The second-order valence-electron chi connectivity index (χ2n) is 9.84. The normalized spacial score (nSPS) is 16.4. The third kappa shape index (κ3) is 3.72. The monoisotopic (exact) mass is 462 g/mol. The van der Waals surface area contributed by atoms with E-state index in [1.807, 2.05) is 18.2 Å². The summed E-state index contributed by atoms with van der Waals surface area (Å²) in [6.45, 7) is 6.76. The molecule has 1 aromatic heterocycles. The number of benzene rings is 2. The quantitative estimate of drug-likeness (QED) is 0.481. The van der Waals surface area contributed by atoms with E-state index in [4.69, 9.17) is 14.5 Å². The Morgan fingerprint density at radius 3 is 2.68 bits per heavy atom. The van der Waals surface area contributed by atoms with E-state index in [0.29, 0.717) is 18.1 Å². The molecule has 2 aromatic carbocycles. The number of nitrogens with zero attached hydrogens (tertiary/aromatic N) is 3. The summed E-state index contributed by atoms with van der Waals surface area (Å²) >= 11 is 0. The summed E-state index contributed by atoms with van der Waals surface area (Å²) in [4.78, 5) is 19.8. The lowest BCUT2D eigenvalue weighted by Crippen LogP contribution is -2.50. The van der Waals surface area contributed by atoms with Crippen LogP contribution >= 0.6 is 0 Å². The van der Waals surface area contributed by atoms with Gasteiger partial charge < -0.3 is 24.3 Å². The number of hydrogen-bond acceptors (Lipinski definition) is 6. The molecule has 1 aliphatic carbocycles. The van der Waals surface area contributed by atoms with Crippen LogP contribution in [0.5, 0.6) is 0 Å². The van der Waals surface area contributed by atoms with Crippen molar-refractivity contribution in [3.8, 4) is 11.4 Å². The molecule has 7 nitrogen and oxygen atoms in total. The number of fused-ring (bicyclic) bond motifs is 2. The van der Waals surface area contributed by atoms with Gasteiger partial charge in [-0.15, -0.1) is 0 Å². The molecule has 2 heterocycles. The third-order valence-electron chi connectivity index (χ3n) is 7.10. The van der Waals surface area contributed by atoms with Crippen LogP contribution in [-0.2, 0) is 16.0 Å². The van der Waals surface area contributed by atoms with Gasteiger partial charge in [-0.05, 0) is 61.9 Å². The van der Waals surface area contributed by atoms with Crippen LogP contribution in [0.3, 0.4) is 0 Å². The average Bonchev–Trinajstić information content (AvgIpc) is 3.52. The zero-order valence-corrected chi connectivity index (χ0v) is 20.6. The molecule has 0 atom stereocenters. The first-order valence-electron chi connectivity index (χ1n) is 12.2. The highest BCUT2D eigenvalue weighted by Crippen LogP contribution is 2.51. The topological polar surface area (TPSA) is 68.6 Å². The number of aromatic nitrogens is 2. The van der Waals surface area contributed by atoms with Gasteiger partial charge in [0.05, 0.1) is 41.7 Å². The van der Waals surface area contributed by atoms with Gasteiger partial charge in [-0.1, -0.05) is 19.9 Å². The van der Waals surface area contributed by atoms with E-state index in [9.17, 15) is 4.79 Å². The maximum absolute atomic E-state index is 12.2. The number of imidazole rings is 1. The average molecular weight is 463 g/mol. The molecular weight excluding hydrogens is 428 g/mol. The molecule has 1 aliphatic heterocycles. The van der Waals surface area contributed by atoms with Gasteiger partial charge >= 0.3 is 5.97 Å². The van der Waals surface area contributed by atoms with Crippen LogP contribution < -0.4 is 10.2 Å². The Balaban J connectivity index is 1.69. The van der Waals surface area contributed by atoms with Crippen LogP contribution in [0.25, 0.3) is 22.4 Å². The number of esters is 1. The number of rotatable bonds is 7. The molecule has 0 saturated heterocycles. The highest BCUT2D eigenvalue weighted by atomic mass is 16.5. The summed E-state index contributed by atoms with van der Waals surface area (Å²) in [6.07, 6.45) is 4.69. The standard InChI is InChI=1S/C27H34N4O3/c1-18(2)17-30-23-11-10-19(26(32)34-4)16-22(23)28-25(30)20-8-7-9-21-24(20)31(14-15-33-3)27(29-21)12-5-6-13-27/h7-11,16,18,29H,5-6,12-15,17H2,1-4H3. The Hall–Kier alpha value is -3.06. The van der Waals surface area contributed by atoms with Crippen molar-refractivity contribution in [2.45, 2.75) is 51.7 Å². The predicted octanol–water partition coefficient (Wildman–Crippen LogP) is 5.29. The minimum absolute atomic E-state index is 0.0517. The molecule has 1 N–H and O–H groups in total. The van der Waals surface area contributed by atoms with Crippen LogP contribution in [0.4, 0.5) is 11.4 Å². The molecule has 180 valence electrons. The van der Waals surface area contributed by atoms with E-state index in [2.05, 4.69) is 46.8 Å². The first kappa shape index (κ1) is 22.7. The van der Waals surface area contributed by atoms with Crippen LogP contribution in [-0.4, -0.2) is 48.6 Å². The molecule has 1 spiro atoms. The Kier molecular flexibility index (Phi) is 5.98. The van der Waals surface area contributed by atoms with Gasteiger partial charge in [0.25, 0.3) is 0 Å². The number of para-hydroxylation sites is 1. The second kappa shape index (κ2) is 8.95. The van der Waals surface area contributed by atoms with Crippen molar-refractivity contribution in [2.75, 3.05) is 37.6 Å². The molecule has 3 aromatic rings. The van der Waals surface area contributed by atoms with Gasteiger partial charge in [0.15, 0.2) is 0 Å². The van der Waals surface area contributed by atoms with E-state index in [0.717, 1.165) is 54.0 Å². The van der Waals surface area contributed by atoms with Gasteiger partial charge in [0, 0.05) is 25.8 Å². The summed E-state index contributed by atoms with van der Waals surface area (Å²) in [5, 5.41) is 3.88. The highest BCUT2D eigenvalue weighted by Gasteiger charge is 2.46. The predicted molar refractivity (Wildman–Crippen MR) is 135 cm³/mol. The minimum Gasteiger partial charge on any atom is -0.465 e. The van der Waals surface area contributed by atoms with Crippen LogP contribution in [0.2, 0.25) is 0 Å². The molecule has 2 aliphatic rings. The first-order valence-corrected chi connectivity index (χ1v) is 12.2.